The number of cyclic esters (lactones) is 1. The summed E-state index contributed by atoms with van der Waals surface area (Å²) in [6.45, 7) is 2.53. The molecule has 0 aromatic carbocycles. The minimum absolute atomic E-state index is 0.0312. The van der Waals surface area contributed by atoms with E-state index < -0.39 is 0 Å². The molecule has 0 aromatic heterocycles. The molecule has 0 saturated carbocycles. The third-order valence-corrected chi connectivity index (χ3v) is 1.43. The van der Waals surface area contributed by atoms with E-state index in [0.717, 1.165) is 12.8 Å². The molecule has 1 heterocycles. The Morgan fingerprint density at radius 3 is 2.88 bits per heavy atom. The normalized spacial score (nSPS) is 29.6. The SMILES string of the molecule is C[C@@H]1CCCOC1=O. The molecule has 1 fully saturated rings. The lowest BCUT2D eigenvalue weighted by Crippen LogP contribution is -2.20. The van der Waals surface area contributed by atoms with Crippen molar-refractivity contribution in [1.82, 2.24) is 0 Å². The smallest absolute Gasteiger partial charge is 0.308 e. The van der Waals surface area contributed by atoms with Gasteiger partial charge in [-0.3, -0.25) is 4.79 Å². The standard InChI is InChI=1S/C6H10O2/c1-5-3-2-4-8-6(5)7/h5H,2-4H2,1H3/t5-/m1/s1. The molecule has 0 bridgehead atoms. The Bertz CT molecular complexity index is 98.7. The van der Waals surface area contributed by atoms with Gasteiger partial charge in [-0.25, -0.2) is 0 Å². The average Bonchev–Trinajstić information content (AvgIpc) is 1.77. The number of rotatable bonds is 0. The predicted octanol–water partition coefficient (Wildman–Crippen LogP) is 0.960. The van der Waals surface area contributed by atoms with Gasteiger partial charge in [-0.05, 0) is 12.8 Å². The summed E-state index contributed by atoms with van der Waals surface area (Å²) in [5.41, 5.74) is 0. The van der Waals surface area contributed by atoms with Gasteiger partial charge in [0.2, 0.25) is 0 Å². The quantitative estimate of drug-likeness (QED) is 0.438. The lowest BCUT2D eigenvalue weighted by atomic mass is 10.0. The van der Waals surface area contributed by atoms with E-state index in [0.29, 0.717) is 6.61 Å². The average molecular weight is 114 g/mol. The van der Waals surface area contributed by atoms with Crippen LogP contribution in [0.3, 0.4) is 0 Å². The van der Waals surface area contributed by atoms with Gasteiger partial charge in [0.05, 0.1) is 12.5 Å². The van der Waals surface area contributed by atoms with Gasteiger partial charge < -0.3 is 4.74 Å². The van der Waals surface area contributed by atoms with E-state index in [2.05, 4.69) is 0 Å². The molecule has 0 N–H and O–H groups in total. The topological polar surface area (TPSA) is 26.3 Å². The van der Waals surface area contributed by atoms with E-state index in [1.54, 1.807) is 0 Å². The van der Waals surface area contributed by atoms with Crippen LogP contribution in [0, 0.1) is 5.92 Å². The Kier molecular flexibility index (Phi) is 1.51. The Morgan fingerprint density at radius 2 is 2.50 bits per heavy atom. The lowest BCUT2D eigenvalue weighted by Gasteiger charge is -2.15. The van der Waals surface area contributed by atoms with Crippen molar-refractivity contribution in [3.05, 3.63) is 0 Å². The summed E-state index contributed by atoms with van der Waals surface area (Å²) in [4.78, 5) is 10.6. The second-order valence-corrected chi connectivity index (χ2v) is 2.21. The van der Waals surface area contributed by atoms with Crippen LogP contribution in [0.4, 0.5) is 0 Å². The van der Waals surface area contributed by atoms with E-state index in [9.17, 15) is 4.79 Å². The van der Waals surface area contributed by atoms with Crippen molar-refractivity contribution in [2.24, 2.45) is 5.92 Å². The Morgan fingerprint density at radius 1 is 1.75 bits per heavy atom. The van der Waals surface area contributed by atoms with Crippen LogP contribution >= 0.6 is 0 Å². The highest BCUT2D eigenvalue weighted by atomic mass is 16.5. The molecular formula is C6H10O2. The number of ether oxygens (including phenoxy) is 1. The Labute approximate surface area is 48.8 Å². The molecule has 1 rings (SSSR count). The molecule has 0 radical (unpaired) electrons. The number of esters is 1. The Hall–Kier alpha value is -0.530. The van der Waals surface area contributed by atoms with Crippen molar-refractivity contribution in [3.63, 3.8) is 0 Å². The Balaban J connectivity index is 2.39. The predicted molar refractivity (Wildman–Crippen MR) is 29.4 cm³/mol. The summed E-state index contributed by atoms with van der Waals surface area (Å²) < 4.78 is 4.75. The van der Waals surface area contributed by atoms with Gasteiger partial charge in [0.15, 0.2) is 0 Å². The maximum atomic E-state index is 10.6. The zero-order chi connectivity index (χ0) is 5.98. The van der Waals surface area contributed by atoms with Gasteiger partial charge in [0, 0.05) is 0 Å². The highest BCUT2D eigenvalue weighted by Crippen LogP contribution is 2.12. The van der Waals surface area contributed by atoms with Crippen LogP contribution in [0.2, 0.25) is 0 Å². The summed E-state index contributed by atoms with van der Waals surface area (Å²) in [5.74, 6) is 0.111. The first-order chi connectivity index (χ1) is 3.80. The summed E-state index contributed by atoms with van der Waals surface area (Å²) in [6, 6.07) is 0. The van der Waals surface area contributed by atoms with Crippen LogP contribution in [-0.2, 0) is 9.53 Å². The maximum Gasteiger partial charge on any atom is 0.308 e. The van der Waals surface area contributed by atoms with E-state index in [4.69, 9.17) is 4.74 Å². The highest BCUT2D eigenvalue weighted by molar-refractivity contribution is 5.72. The third-order valence-electron chi connectivity index (χ3n) is 1.43. The fraction of sp³-hybridized carbons (Fsp3) is 0.833. The van der Waals surface area contributed by atoms with Crippen molar-refractivity contribution in [1.29, 1.82) is 0 Å². The van der Waals surface area contributed by atoms with Gasteiger partial charge >= 0.3 is 5.97 Å². The van der Waals surface area contributed by atoms with Crippen LogP contribution < -0.4 is 0 Å². The number of hydrogen-bond acceptors (Lipinski definition) is 2. The van der Waals surface area contributed by atoms with E-state index in [-0.39, 0.29) is 11.9 Å². The fourth-order valence-corrected chi connectivity index (χ4v) is 0.822. The first kappa shape index (κ1) is 5.60. The molecule has 0 aromatic rings. The second kappa shape index (κ2) is 2.16. The highest BCUT2D eigenvalue weighted by Gasteiger charge is 2.17. The molecule has 2 heteroatoms. The van der Waals surface area contributed by atoms with E-state index in [1.807, 2.05) is 6.92 Å². The van der Waals surface area contributed by atoms with Gasteiger partial charge in [0.25, 0.3) is 0 Å². The van der Waals surface area contributed by atoms with Gasteiger partial charge in [-0.2, -0.15) is 0 Å². The molecule has 1 aliphatic rings. The van der Waals surface area contributed by atoms with E-state index >= 15 is 0 Å². The second-order valence-electron chi connectivity index (χ2n) is 2.21. The molecule has 2 nitrogen and oxygen atoms in total. The molecular weight excluding hydrogens is 104 g/mol. The fourth-order valence-electron chi connectivity index (χ4n) is 0.822. The van der Waals surface area contributed by atoms with Crippen molar-refractivity contribution >= 4 is 5.97 Å². The van der Waals surface area contributed by atoms with Gasteiger partial charge in [0.1, 0.15) is 0 Å². The molecule has 8 heavy (non-hydrogen) atoms. The zero-order valence-electron chi connectivity index (χ0n) is 5.02. The minimum Gasteiger partial charge on any atom is -0.465 e. The van der Waals surface area contributed by atoms with Gasteiger partial charge in [-0.1, -0.05) is 6.92 Å². The largest absolute Gasteiger partial charge is 0.465 e. The van der Waals surface area contributed by atoms with Crippen molar-refractivity contribution in [2.45, 2.75) is 19.8 Å². The van der Waals surface area contributed by atoms with Crippen molar-refractivity contribution in [2.75, 3.05) is 6.61 Å². The first-order valence-corrected chi connectivity index (χ1v) is 2.97. The van der Waals surface area contributed by atoms with Crippen molar-refractivity contribution < 1.29 is 9.53 Å². The van der Waals surface area contributed by atoms with Crippen LogP contribution in [0.5, 0.6) is 0 Å². The monoisotopic (exact) mass is 114 g/mol. The molecule has 1 saturated heterocycles. The number of carbonyl (C=O) groups is 1. The van der Waals surface area contributed by atoms with Crippen LogP contribution in [0.15, 0.2) is 0 Å². The molecule has 1 atom stereocenters. The maximum absolute atomic E-state index is 10.6. The summed E-state index contributed by atoms with van der Waals surface area (Å²) >= 11 is 0. The zero-order valence-corrected chi connectivity index (χ0v) is 5.02. The van der Waals surface area contributed by atoms with E-state index in [1.165, 1.54) is 0 Å². The molecule has 1 aliphatic heterocycles. The van der Waals surface area contributed by atoms with Crippen LogP contribution in [0.1, 0.15) is 19.8 Å². The first-order valence-electron chi connectivity index (χ1n) is 2.97. The molecule has 46 valence electrons. The van der Waals surface area contributed by atoms with Crippen LogP contribution in [-0.4, -0.2) is 12.6 Å². The van der Waals surface area contributed by atoms with Crippen molar-refractivity contribution in [3.8, 4) is 0 Å². The molecule has 0 spiro atoms. The van der Waals surface area contributed by atoms with Gasteiger partial charge in [-0.15, -0.1) is 0 Å². The van der Waals surface area contributed by atoms with Crippen LogP contribution in [0.25, 0.3) is 0 Å². The molecule has 0 unspecified atom stereocenters. The molecule has 0 amide bonds. The lowest BCUT2D eigenvalue weighted by molar-refractivity contribution is -0.151. The number of hydrogen-bond donors (Lipinski definition) is 0. The summed E-state index contributed by atoms with van der Waals surface area (Å²) in [7, 11) is 0. The number of carbonyl (C=O) groups excluding carboxylic acids is 1. The minimum atomic E-state index is -0.0312. The molecule has 0 aliphatic carbocycles. The third kappa shape index (κ3) is 0.997. The summed E-state index contributed by atoms with van der Waals surface area (Å²) in [6.07, 6.45) is 2.03. The summed E-state index contributed by atoms with van der Waals surface area (Å²) in [5, 5.41) is 0.